The summed E-state index contributed by atoms with van der Waals surface area (Å²) in [6.07, 6.45) is 0. The smallest absolute Gasteiger partial charge is 0.352 e. The Morgan fingerprint density at radius 3 is 2.97 bits per heavy atom. The summed E-state index contributed by atoms with van der Waals surface area (Å²) < 4.78 is 12.8. The first kappa shape index (κ1) is 22.2. The molecule has 2 aliphatic rings. The lowest BCUT2D eigenvalue weighted by molar-refractivity contribution is -0.150. The van der Waals surface area contributed by atoms with Crippen LogP contribution >= 0.6 is 34.9 Å². The molecule has 164 valence electrons. The highest BCUT2D eigenvalue weighted by molar-refractivity contribution is 8.01. The van der Waals surface area contributed by atoms with Crippen LogP contribution in [0.3, 0.4) is 0 Å². The van der Waals surface area contributed by atoms with Gasteiger partial charge in [0.15, 0.2) is 5.75 Å². The second-order valence-electron chi connectivity index (χ2n) is 6.63. The van der Waals surface area contributed by atoms with Crippen LogP contribution in [-0.4, -0.2) is 76.2 Å². The first-order chi connectivity index (χ1) is 14.8. The van der Waals surface area contributed by atoms with E-state index in [-0.39, 0.29) is 11.4 Å². The summed E-state index contributed by atoms with van der Waals surface area (Å²) in [7, 11) is 0. The van der Waals surface area contributed by atoms with Crippen LogP contribution in [0.2, 0.25) is 0 Å². The molecule has 10 nitrogen and oxygen atoms in total. The molecule has 0 aliphatic carbocycles. The van der Waals surface area contributed by atoms with E-state index in [9.17, 15) is 24.0 Å². The molecule has 14 heteroatoms. The van der Waals surface area contributed by atoms with E-state index in [4.69, 9.17) is 0 Å². The predicted octanol–water partition coefficient (Wildman–Crippen LogP) is 0.813. The van der Waals surface area contributed by atoms with Crippen LogP contribution in [0.4, 0.5) is 0 Å². The minimum absolute atomic E-state index is 0.0545. The van der Waals surface area contributed by atoms with Crippen molar-refractivity contribution in [2.75, 3.05) is 17.3 Å². The average molecular weight is 500 g/mol. The monoisotopic (exact) mass is 499 g/mol. The van der Waals surface area contributed by atoms with Gasteiger partial charge in [-0.3, -0.25) is 19.6 Å². The molecule has 3 N–H and O–H groups in total. The topological polar surface area (TPSA) is 151 Å². The Hall–Kier alpha value is -2.00. The summed E-state index contributed by atoms with van der Waals surface area (Å²) in [5.74, 6) is -1.04. The number of thiophene rings is 1. The molecule has 0 saturated carbocycles. The number of thioether (sulfide) groups is 2. The molecule has 0 aromatic carbocycles. The number of H-pyrrole nitrogens is 1. The molecule has 4 rings (SSSR count). The molecule has 2 aromatic heterocycles. The van der Waals surface area contributed by atoms with Gasteiger partial charge in [0.05, 0.1) is 0 Å². The van der Waals surface area contributed by atoms with Crippen LogP contribution in [0.1, 0.15) is 5.82 Å². The van der Waals surface area contributed by atoms with Gasteiger partial charge in [0.1, 0.15) is 22.9 Å². The van der Waals surface area contributed by atoms with Crippen LogP contribution in [0.15, 0.2) is 38.1 Å². The Kier molecular flexibility index (Phi) is 6.62. The van der Waals surface area contributed by atoms with Gasteiger partial charge in [-0.05, 0) is 23.9 Å². The number of carbonyl (C=O) groups is 3. The van der Waals surface area contributed by atoms with E-state index in [0.717, 1.165) is 0 Å². The second kappa shape index (κ2) is 9.24. The van der Waals surface area contributed by atoms with Crippen molar-refractivity contribution in [2.24, 2.45) is 0 Å². The number of nitrogens with one attached hydrogen (secondary N) is 2. The quantitative estimate of drug-likeness (QED) is 0.272. The Morgan fingerprint density at radius 2 is 2.32 bits per heavy atom. The highest BCUT2D eigenvalue weighted by Gasteiger charge is 2.54. The maximum absolute atomic E-state index is 12.7. The van der Waals surface area contributed by atoms with Gasteiger partial charge in [-0.15, -0.1) is 16.9 Å². The minimum Gasteiger partial charge on any atom is -0.610 e. The zero-order chi connectivity index (χ0) is 22.1. The third-order valence-corrected chi connectivity index (χ3v) is 9.39. The number of hydrogen-bond donors (Lipinski definition) is 3. The van der Waals surface area contributed by atoms with Gasteiger partial charge < -0.3 is 15.0 Å². The van der Waals surface area contributed by atoms with E-state index in [1.54, 1.807) is 24.4 Å². The van der Waals surface area contributed by atoms with Gasteiger partial charge in [-0.25, -0.2) is 9.78 Å². The summed E-state index contributed by atoms with van der Waals surface area (Å²) in [6.45, 7) is 1.77. The molecular weight excluding hydrogens is 482 g/mol. The molecule has 0 bridgehead atoms. The number of aliphatic carboxylic acids is 1. The van der Waals surface area contributed by atoms with Crippen LogP contribution in [0.5, 0.6) is 0 Å². The van der Waals surface area contributed by atoms with Crippen molar-refractivity contribution in [2.45, 2.75) is 27.7 Å². The summed E-state index contributed by atoms with van der Waals surface area (Å²) >= 11 is 2.48. The fraction of sp³-hybridized carbons (Fsp3) is 0.353. The number of nitrogens with zero attached hydrogens (tertiary/aromatic N) is 3. The van der Waals surface area contributed by atoms with Crippen molar-refractivity contribution < 1.29 is 24.0 Å². The van der Waals surface area contributed by atoms with Gasteiger partial charge in [0.2, 0.25) is 9.37 Å². The molecule has 1 fully saturated rings. The third-order valence-electron chi connectivity index (χ3n) is 4.50. The van der Waals surface area contributed by atoms with E-state index in [1.165, 1.54) is 39.8 Å². The van der Waals surface area contributed by atoms with Gasteiger partial charge in [0.25, 0.3) is 11.8 Å². The van der Waals surface area contributed by atoms with Crippen LogP contribution < -0.4 is 5.32 Å². The highest BCUT2D eigenvalue weighted by atomic mass is 32.2. The first-order valence-corrected chi connectivity index (χ1v) is 13.2. The molecule has 1 saturated heterocycles. The van der Waals surface area contributed by atoms with Crippen molar-refractivity contribution in [3.63, 3.8) is 0 Å². The molecule has 0 radical (unpaired) electrons. The molecule has 2 amide bonds. The summed E-state index contributed by atoms with van der Waals surface area (Å²) in [5, 5.41) is 20.8. The number of aryl methyl sites for hydroxylation is 1. The number of carbonyl (C=O) groups excluding carboxylic acids is 2. The number of aromatic nitrogens is 3. The Labute approximate surface area is 192 Å². The number of β-lactam (4-membered cyclic amide) rings is 1. The molecule has 2 unspecified atom stereocenters. The zero-order valence-electron chi connectivity index (χ0n) is 16.1. The molecule has 31 heavy (non-hydrogen) atoms. The summed E-state index contributed by atoms with van der Waals surface area (Å²) in [5.41, 5.74) is 0.541. The number of aromatic amines is 1. The van der Waals surface area contributed by atoms with E-state index < -0.39 is 40.4 Å². The van der Waals surface area contributed by atoms with Crippen LogP contribution in [0.25, 0.3) is 0 Å². The summed E-state index contributed by atoms with van der Waals surface area (Å²) in [4.78, 5) is 42.2. The van der Waals surface area contributed by atoms with Crippen molar-refractivity contribution in [3.05, 3.63) is 34.6 Å². The van der Waals surface area contributed by atoms with E-state index in [2.05, 4.69) is 20.5 Å². The number of carboxylic acids is 1. The normalized spacial score (nSPS) is 21.5. The van der Waals surface area contributed by atoms with E-state index in [1.807, 2.05) is 0 Å². The summed E-state index contributed by atoms with van der Waals surface area (Å²) in [6, 6.07) is 2.60. The lowest BCUT2D eigenvalue weighted by Crippen LogP contribution is -2.70. The van der Waals surface area contributed by atoms with Gasteiger partial charge >= 0.3 is 5.97 Å². The lowest BCUT2D eigenvalue weighted by Gasteiger charge is -2.49. The number of hydrogen-bond acceptors (Lipinski definition) is 9. The molecule has 2 aliphatic heterocycles. The number of amides is 2. The number of carboxylic acid groups (broad SMARTS) is 1. The van der Waals surface area contributed by atoms with Crippen molar-refractivity contribution in [1.29, 1.82) is 0 Å². The number of fused-ring (bicyclic) bond motifs is 1. The Balaban J connectivity index is 1.40. The van der Waals surface area contributed by atoms with Crippen molar-refractivity contribution >= 4 is 63.8 Å². The SMILES string of the molecule is Cc1nc(SCC2=C(C(=O)O)N3C(=O)C(NC(=O)C[S+]([O-])c4cccs4)[C@H]3SC2)n[nH]1. The van der Waals surface area contributed by atoms with Gasteiger partial charge in [-0.1, -0.05) is 23.1 Å². The third kappa shape index (κ3) is 4.62. The van der Waals surface area contributed by atoms with Gasteiger partial charge in [0, 0.05) is 28.7 Å². The van der Waals surface area contributed by atoms with Crippen molar-refractivity contribution in [1.82, 2.24) is 25.4 Å². The predicted molar refractivity (Wildman–Crippen MR) is 117 cm³/mol. The molecular formula is C17H17N5O5S4. The Bertz CT molecular complexity index is 1040. The van der Waals surface area contributed by atoms with Crippen molar-refractivity contribution in [3.8, 4) is 0 Å². The Morgan fingerprint density at radius 1 is 1.52 bits per heavy atom. The maximum atomic E-state index is 12.7. The maximum Gasteiger partial charge on any atom is 0.352 e. The average Bonchev–Trinajstić information content (AvgIpc) is 3.41. The largest absolute Gasteiger partial charge is 0.610 e. The fourth-order valence-corrected chi connectivity index (χ4v) is 7.38. The first-order valence-electron chi connectivity index (χ1n) is 8.98. The van der Waals surface area contributed by atoms with E-state index >= 15 is 0 Å². The molecule has 4 heterocycles. The fourth-order valence-electron chi connectivity index (χ4n) is 3.13. The lowest BCUT2D eigenvalue weighted by atomic mass is 10.0. The number of rotatable bonds is 8. The minimum atomic E-state index is -1.48. The molecule has 3 atom stereocenters. The van der Waals surface area contributed by atoms with Gasteiger partial charge in [-0.2, -0.15) is 0 Å². The molecule has 0 spiro atoms. The highest BCUT2D eigenvalue weighted by Crippen LogP contribution is 2.41. The van der Waals surface area contributed by atoms with Crippen LogP contribution in [-0.2, 0) is 25.6 Å². The second-order valence-corrected chi connectivity index (χ2v) is 11.3. The van der Waals surface area contributed by atoms with E-state index in [0.29, 0.717) is 32.3 Å². The standard InChI is InChI=1S/C17H17N5O5S4/c1-8-18-17(21-20-8)30-6-9-5-29-15-12(14(24)22(15)13(9)16(25)26)19-10(23)7-31(27)11-3-2-4-28-11/h2-4,12,15H,5-7H2,1H3,(H,19,23)(H,25,26)(H,18,20,21)/t12?,15-,31?/m1/s1. The zero-order valence-corrected chi connectivity index (χ0v) is 19.3. The van der Waals surface area contributed by atoms with Crippen LogP contribution in [0, 0.1) is 6.92 Å². The molecule has 2 aromatic rings.